The molecule has 1 atom stereocenters. The molecule has 4 aliphatic rings. The second kappa shape index (κ2) is 9.02. The van der Waals surface area contributed by atoms with Crippen LogP contribution in [0.3, 0.4) is 0 Å². The van der Waals surface area contributed by atoms with Gasteiger partial charge in [0.05, 0.1) is 29.8 Å². The minimum absolute atomic E-state index is 0. The molecule has 3 heterocycles. The van der Waals surface area contributed by atoms with E-state index in [2.05, 4.69) is 26.1 Å². The summed E-state index contributed by atoms with van der Waals surface area (Å²) in [7, 11) is 0. The molecule has 5 rings (SSSR count). The number of carbonyl (C=O) groups excluding carboxylic acids is 2. The summed E-state index contributed by atoms with van der Waals surface area (Å²) in [4.78, 5) is 30.3. The van der Waals surface area contributed by atoms with E-state index < -0.39 is 5.92 Å². The van der Waals surface area contributed by atoms with Gasteiger partial charge in [0.15, 0.2) is 5.78 Å². The lowest BCUT2D eigenvalue weighted by Crippen LogP contribution is -2.42. The molecule has 0 bridgehead atoms. The highest BCUT2D eigenvalue weighted by Crippen LogP contribution is 2.46. The molecule has 0 radical (unpaired) electrons. The number of nitrogens with zero attached hydrogens (tertiary/aromatic N) is 2. The molecule has 1 aliphatic carbocycles. The third-order valence-corrected chi connectivity index (χ3v) is 6.97. The Bertz CT molecular complexity index is 990. The van der Waals surface area contributed by atoms with Crippen molar-refractivity contribution in [3.05, 3.63) is 56.6 Å². The molecule has 1 N–H and O–H groups in total. The molecule has 1 aromatic rings. The Balaban J connectivity index is 0.00000231. The fourth-order valence-electron chi connectivity index (χ4n) is 4.81. The summed E-state index contributed by atoms with van der Waals surface area (Å²) in [5.41, 5.74) is 3.84. The van der Waals surface area contributed by atoms with Gasteiger partial charge in [-0.2, -0.15) is 0 Å². The molecule has 1 fully saturated rings. The highest BCUT2D eigenvalue weighted by molar-refractivity contribution is 9.10. The zero-order chi connectivity index (χ0) is 20.8. The first-order valence-corrected chi connectivity index (χ1v) is 11.1. The highest BCUT2D eigenvalue weighted by atomic mass is 79.9. The Kier molecular flexibility index (Phi) is 6.53. The van der Waals surface area contributed by atoms with E-state index in [0.29, 0.717) is 41.6 Å². The van der Waals surface area contributed by atoms with Gasteiger partial charge in [-0.1, -0.05) is 6.07 Å². The first kappa shape index (κ1) is 22.5. The molecular weight excluding hydrogens is 489 g/mol. The molecular formula is C22H24BrClFN3O3. The van der Waals surface area contributed by atoms with Gasteiger partial charge >= 0.3 is 0 Å². The average molecular weight is 513 g/mol. The van der Waals surface area contributed by atoms with E-state index in [1.807, 2.05) is 4.90 Å². The number of ether oxygens (including phenoxy) is 1. The number of hydrogen-bond acceptors (Lipinski definition) is 5. The van der Waals surface area contributed by atoms with E-state index in [-0.39, 0.29) is 29.9 Å². The molecule has 1 saturated heterocycles. The van der Waals surface area contributed by atoms with Crippen LogP contribution in [0.2, 0.25) is 0 Å². The van der Waals surface area contributed by atoms with E-state index in [4.69, 9.17) is 4.74 Å². The van der Waals surface area contributed by atoms with Crippen molar-refractivity contribution in [3.63, 3.8) is 0 Å². The summed E-state index contributed by atoms with van der Waals surface area (Å²) in [5.74, 6) is -0.778. The number of Topliss-reactive ketones (excluding diaryl/α,β-unsaturated/α-hetero) is 1. The number of nitrogens with one attached hydrogen (secondary N) is 1. The number of morpholine rings is 1. The van der Waals surface area contributed by atoms with Crippen LogP contribution >= 0.6 is 28.3 Å². The number of hydrogen-bond donors (Lipinski definition) is 1. The molecule has 1 aromatic carbocycles. The van der Waals surface area contributed by atoms with Gasteiger partial charge in [-0.25, -0.2) is 4.39 Å². The van der Waals surface area contributed by atoms with Crippen LogP contribution in [0.5, 0.6) is 0 Å². The van der Waals surface area contributed by atoms with Crippen LogP contribution < -0.4 is 5.32 Å². The number of ketones is 1. The van der Waals surface area contributed by atoms with Crippen LogP contribution in [0, 0.1) is 5.82 Å². The van der Waals surface area contributed by atoms with Gasteiger partial charge in [-0.15, -0.1) is 12.4 Å². The van der Waals surface area contributed by atoms with Crippen molar-refractivity contribution < 1.29 is 18.7 Å². The normalized spacial score (nSPS) is 23.7. The topological polar surface area (TPSA) is 61.9 Å². The van der Waals surface area contributed by atoms with Gasteiger partial charge in [0.1, 0.15) is 5.82 Å². The Morgan fingerprint density at radius 1 is 1.10 bits per heavy atom. The van der Waals surface area contributed by atoms with Crippen LogP contribution in [0.1, 0.15) is 24.3 Å². The molecule has 0 aromatic heterocycles. The molecule has 31 heavy (non-hydrogen) atoms. The molecule has 0 saturated carbocycles. The lowest BCUT2D eigenvalue weighted by Gasteiger charge is -2.29. The highest BCUT2D eigenvalue weighted by Gasteiger charge is 2.45. The Hall–Kier alpha value is -1.74. The lowest BCUT2D eigenvalue weighted by molar-refractivity contribution is -0.126. The maximum absolute atomic E-state index is 13.9. The lowest BCUT2D eigenvalue weighted by atomic mass is 9.81. The molecule has 166 valence electrons. The SMILES string of the molecule is Cl.O=C1CCC2=C1C(c1ccc(F)c(Br)c1)C1=C(CN(CCN3CCOCC3)C1=O)N2. The molecule has 9 heteroatoms. The zero-order valence-electron chi connectivity index (χ0n) is 17.0. The van der Waals surface area contributed by atoms with E-state index in [1.54, 1.807) is 12.1 Å². The monoisotopic (exact) mass is 511 g/mol. The minimum Gasteiger partial charge on any atom is -0.379 e. The zero-order valence-corrected chi connectivity index (χ0v) is 19.4. The predicted octanol–water partition coefficient (Wildman–Crippen LogP) is 2.74. The van der Waals surface area contributed by atoms with Crippen molar-refractivity contribution >= 4 is 40.0 Å². The summed E-state index contributed by atoms with van der Waals surface area (Å²) in [6.45, 7) is 5.16. The third kappa shape index (κ3) is 4.06. The molecule has 1 amide bonds. The molecule has 6 nitrogen and oxygen atoms in total. The first-order chi connectivity index (χ1) is 14.5. The van der Waals surface area contributed by atoms with Crippen LogP contribution in [0.25, 0.3) is 0 Å². The van der Waals surface area contributed by atoms with Crippen molar-refractivity contribution in [2.75, 3.05) is 45.9 Å². The first-order valence-electron chi connectivity index (χ1n) is 10.3. The van der Waals surface area contributed by atoms with E-state index in [1.165, 1.54) is 6.07 Å². The summed E-state index contributed by atoms with van der Waals surface area (Å²) in [6.07, 6.45) is 1.11. The molecule has 0 spiro atoms. The molecule has 1 unspecified atom stereocenters. The largest absolute Gasteiger partial charge is 0.379 e. The quantitative estimate of drug-likeness (QED) is 0.672. The number of benzene rings is 1. The van der Waals surface area contributed by atoms with Crippen molar-refractivity contribution in [3.8, 4) is 0 Å². The fourth-order valence-corrected chi connectivity index (χ4v) is 5.21. The van der Waals surface area contributed by atoms with Crippen molar-refractivity contribution in [2.24, 2.45) is 0 Å². The van der Waals surface area contributed by atoms with Crippen molar-refractivity contribution in [1.82, 2.24) is 15.1 Å². The van der Waals surface area contributed by atoms with Crippen LogP contribution in [-0.2, 0) is 14.3 Å². The van der Waals surface area contributed by atoms with E-state index in [9.17, 15) is 14.0 Å². The van der Waals surface area contributed by atoms with Gasteiger partial charge in [0.25, 0.3) is 5.91 Å². The van der Waals surface area contributed by atoms with E-state index in [0.717, 1.165) is 49.8 Å². The number of halogens is 3. The number of rotatable bonds is 4. The van der Waals surface area contributed by atoms with Crippen LogP contribution in [0.15, 0.2) is 45.2 Å². The Morgan fingerprint density at radius 2 is 1.87 bits per heavy atom. The Morgan fingerprint density at radius 3 is 2.61 bits per heavy atom. The number of carbonyl (C=O) groups is 2. The number of dihydropyridines is 1. The summed E-state index contributed by atoms with van der Waals surface area (Å²) >= 11 is 3.25. The standard InChI is InChI=1S/C22H23BrFN3O3.ClH/c23-14-11-13(1-2-15(14)24)19-20-16(3-4-18(20)28)25-17-12-27(22(29)21(17)19)6-5-26-7-9-30-10-8-26;/h1-2,11,19,25H,3-10,12H2;1H. The minimum atomic E-state index is -0.441. The summed E-state index contributed by atoms with van der Waals surface area (Å²) in [6, 6.07) is 4.76. The van der Waals surface area contributed by atoms with Crippen LogP contribution in [-0.4, -0.2) is 67.4 Å². The maximum atomic E-state index is 13.9. The predicted molar refractivity (Wildman–Crippen MR) is 119 cm³/mol. The molecule has 3 aliphatic heterocycles. The van der Waals surface area contributed by atoms with Crippen molar-refractivity contribution in [2.45, 2.75) is 18.8 Å². The number of allylic oxidation sites excluding steroid dienone is 2. The van der Waals surface area contributed by atoms with Gasteiger partial charge in [0.2, 0.25) is 0 Å². The smallest absolute Gasteiger partial charge is 0.252 e. The maximum Gasteiger partial charge on any atom is 0.252 e. The number of amides is 1. The van der Waals surface area contributed by atoms with E-state index >= 15 is 0 Å². The van der Waals surface area contributed by atoms with Gasteiger partial charge < -0.3 is 15.0 Å². The third-order valence-electron chi connectivity index (χ3n) is 6.37. The van der Waals surface area contributed by atoms with Crippen LogP contribution in [0.4, 0.5) is 4.39 Å². The summed E-state index contributed by atoms with van der Waals surface area (Å²) in [5, 5.41) is 3.39. The van der Waals surface area contributed by atoms with Gasteiger partial charge in [-0.05, 0) is 40.0 Å². The average Bonchev–Trinajstić information content (AvgIpc) is 3.27. The summed E-state index contributed by atoms with van der Waals surface area (Å²) < 4.78 is 19.6. The second-order valence-corrected chi connectivity index (χ2v) is 8.97. The second-order valence-electron chi connectivity index (χ2n) is 8.12. The Labute approximate surface area is 195 Å². The van der Waals surface area contributed by atoms with Crippen molar-refractivity contribution in [1.29, 1.82) is 0 Å². The fraction of sp³-hybridized carbons (Fsp3) is 0.455. The van der Waals surface area contributed by atoms with Gasteiger partial charge in [-0.3, -0.25) is 14.5 Å². The van der Waals surface area contributed by atoms with Gasteiger partial charge in [0, 0.05) is 55.5 Å².